The molecule has 0 bridgehead atoms. The summed E-state index contributed by atoms with van der Waals surface area (Å²) in [5, 5.41) is 17.4. The molecule has 0 aliphatic heterocycles. The van der Waals surface area contributed by atoms with Crippen molar-refractivity contribution in [3.05, 3.63) is 28.8 Å². The molecule has 1 unspecified atom stereocenters. The second-order valence-electron chi connectivity index (χ2n) is 3.02. The first-order valence-corrected chi connectivity index (χ1v) is 4.55. The Kier molecular flexibility index (Phi) is 3.78. The topological polar surface area (TPSA) is 87.5 Å². The minimum atomic E-state index is -1.50. The molecule has 16 heavy (non-hydrogen) atoms. The summed E-state index contributed by atoms with van der Waals surface area (Å²) in [6, 6.07) is 1.06. The molecule has 0 saturated carbocycles. The smallest absolute Gasteiger partial charge is 0.311 e. The first-order chi connectivity index (χ1) is 7.41. The molecule has 86 valence electrons. The fourth-order valence-corrected chi connectivity index (χ4v) is 1.35. The van der Waals surface area contributed by atoms with Gasteiger partial charge in [-0.1, -0.05) is 11.6 Å². The Morgan fingerprint density at radius 2 is 2.12 bits per heavy atom. The third kappa shape index (κ3) is 2.90. The van der Waals surface area contributed by atoms with Gasteiger partial charge in [0.1, 0.15) is 0 Å². The van der Waals surface area contributed by atoms with Crippen LogP contribution < -0.4 is 0 Å². The number of rotatable bonds is 4. The van der Waals surface area contributed by atoms with E-state index in [-0.39, 0.29) is 10.6 Å². The summed E-state index contributed by atoms with van der Waals surface area (Å²) >= 11 is 5.53. The molecule has 1 atom stereocenters. The molecule has 0 radical (unpaired) electrons. The average molecular weight is 248 g/mol. The third-order valence-corrected chi connectivity index (χ3v) is 2.09. The van der Waals surface area contributed by atoms with Gasteiger partial charge in [-0.3, -0.25) is 9.59 Å². The molecular weight excluding hydrogens is 241 g/mol. The third-order valence-electron chi connectivity index (χ3n) is 1.89. The van der Waals surface area contributed by atoms with E-state index in [9.17, 15) is 14.0 Å². The van der Waals surface area contributed by atoms with Gasteiger partial charge in [0.2, 0.25) is 5.95 Å². The summed E-state index contributed by atoms with van der Waals surface area (Å²) in [7, 11) is 0. The zero-order valence-corrected chi connectivity index (χ0v) is 8.61. The fourth-order valence-electron chi connectivity index (χ4n) is 1.19. The van der Waals surface area contributed by atoms with E-state index in [0.717, 1.165) is 12.3 Å². The number of aliphatic carboxylic acids is 2. The van der Waals surface area contributed by atoms with Gasteiger partial charge in [0.05, 0.1) is 17.4 Å². The van der Waals surface area contributed by atoms with Crippen molar-refractivity contribution < 1.29 is 24.2 Å². The van der Waals surface area contributed by atoms with Crippen molar-refractivity contribution in [2.45, 2.75) is 12.3 Å². The normalized spacial score (nSPS) is 12.1. The molecule has 0 aromatic carbocycles. The number of pyridine rings is 1. The van der Waals surface area contributed by atoms with Crippen LogP contribution in [-0.2, 0) is 9.59 Å². The molecule has 0 saturated heterocycles. The molecule has 0 spiro atoms. The molecule has 0 fully saturated rings. The van der Waals surface area contributed by atoms with Gasteiger partial charge in [-0.2, -0.15) is 4.39 Å². The van der Waals surface area contributed by atoms with Crippen molar-refractivity contribution in [2.75, 3.05) is 0 Å². The number of hydrogen-bond donors (Lipinski definition) is 2. The van der Waals surface area contributed by atoms with Gasteiger partial charge in [-0.25, -0.2) is 4.98 Å². The van der Waals surface area contributed by atoms with E-state index in [1.807, 2.05) is 0 Å². The highest BCUT2D eigenvalue weighted by molar-refractivity contribution is 6.30. The predicted octanol–water partition coefficient (Wildman–Crippen LogP) is 1.52. The number of nitrogens with zero attached hydrogens (tertiary/aromatic N) is 1. The van der Waals surface area contributed by atoms with Crippen LogP contribution in [0.2, 0.25) is 5.02 Å². The van der Waals surface area contributed by atoms with Crippen molar-refractivity contribution in [2.24, 2.45) is 0 Å². The Morgan fingerprint density at radius 1 is 1.50 bits per heavy atom. The van der Waals surface area contributed by atoms with Gasteiger partial charge in [0.15, 0.2) is 0 Å². The standard InChI is InChI=1S/C9H7ClFNO4/c10-4-1-5(8(11)12-3-4)6(9(15)16)2-7(13)14/h1,3,6H,2H2,(H,13,14)(H,15,16). The number of halogens is 2. The van der Waals surface area contributed by atoms with Crippen molar-refractivity contribution in [1.29, 1.82) is 0 Å². The lowest BCUT2D eigenvalue weighted by molar-refractivity contribution is -0.145. The Bertz CT molecular complexity index is 438. The van der Waals surface area contributed by atoms with Crippen LogP contribution in [0.5, 0.6) is 0 Å². The zero-order valence-electron chi connectivity index (χ0n) is 7.85. The maximum Gasteiger partial charge on any atom is 0.311 e. The van der Waals surface area contributed by atoms with E-state index in [0.29, 0.717) is 0 Å². The number of carboxylic acid groups (broad SMARTS) is 2. The number of aromatic nitrogens is 1. The maximum absolute atomic E-state index is 13.2. The lowest BCUT2D eigenvalue weighted by Gasteiger charge is -2.10. The number of carboxylic acids is 2. The first kappa shape index (κ1) is 12.4. The van der Waals surface area contributed by atoms with Gasteiger partial charge in [0.25, 0.3) is 0 Å². The van der Waals surface area contributed by atoms with Crippen LogP contribution in [0.3, 0.4) is 0 Å². The minimum Gasteiger partial charge on any atom is -0.481 e. The first-order valence-electron chi connectivity index (χ1n) is 4.17. The SMILES string of the molecule is O=C(O)CC(C(=O)O)c1cc(Cl)cnc1F. The summed E-state index contributed by atoms with van der Waals surface area (Å²) in [5.41, 5.74) is -0.331. The van der Waals surface area contributed by atoms with E-state index in [4.69, 9.17) is 21.8 Å². The van der Waals surface area contributed by atoms with Crippen molar-refractivity contribution >= 4 is 23.5 Å². The Balaban J connectivity index is 3.14. The molecular formula is C9H7ClFNO4. The second-order valence-corrected chi connectivity index (χ2v) is 3.46. The molecule has 1 rings (SSSR count). The van der Waals surface area contributed by atoms with Crippen LogP contribution in [-0.4, -0.2) is 27.1 Å². The van der Waals surface area contributed by atoms with Crippen LogP contribution >= 0.6 is 11.6 Å². The van der Waals surface area contributed by atoms with Crippen molar-refractivity contribution in [3.8, 4) is 0 Å². The highest BCUT2D eigenvalue weighted by Crippen LogP contribution is 2.24. The molecule has 7 heteroatoms. The summed E-state index contributed by atoms with van der Waals surface area (Å²) in [4.78, 5) is 24.5. The molecule has 5 nitrogen and oxygen atoms in total. The van der Waals surface area contributed by atoms with Gasteiger partial charge >= 0.3 is 11.9 Å². The molecule has 2 N–H and O–H groups in total. The van der Waals surface area contributed by atoms with Crippen molar-refractivity contribution in [3.63, 3.8) is 0 Å². The Labute approximate surface area is 94.5 Å². The zero-order chi connectivity index (χ0) is 12.3. The van der Waals surface area contributed by atoms with E-state index in [1.165, 1.54) is 0 Å². The summed E-state index contributed by atoms with van der Waals surface area (Å²) < 4.78 is 13.2. The lowest BCUT2D eigenvalue weighted by Crippen LogP contribution is -2.17. The molecule has 0 aliphatic carbocycles. The molecule has 0 aliphatic rings. The molecule has 0 amide bonds. The van der Waals surface area contributed by atoms with Gasteiger partial charge < -0.3 is 10.2 Å². The molecule has 1 aromatic heterocycles. The van der Waals surface area contributed by atoms with Gasteiger partial charge in [-0.05, 0) is 6.07 Å². The summed E-state index contributed by atoms with van der Waals surface area (Å²) in [6.45, 7) is 0. The van der Waals surface area contributed by atoms with Crippen LogP contribution in [0.25, 0.3) is 0 Å². The maximum atomic E-state index is 13.2. The van der Waals surface area contributed by atoms with Gasteiger partial charge in [0, 0.05) is 11.8 Å². The van der Waals surface area contributed by atoms with Gasteiger partial charge in [-0.15, -0.1) is 0 Å². The number of carbonyl (C=O) groups is 2. The van der Waals surface area contributed by atoms with E-state index in [2.05, 4.69) is 4.98 Å². The highest BCUT2D eigenvalue weighted by atomic mass is 35.5. The second kappa shape index (κ2) is 4.89. The molecule has 1 aromatic rings. The van der Waals surface area contributed by atoms with Crippen LogP contribution in [0, 0.1) is 5.95 Å². The lowest BCUT2D eigenvalue weighted by atomic mass is 9.97. The Morgan fingerprint density at radius 3 is 2.62 bits per heavy atom. The fraction of sp³-hybridized carbons (Fsp3) is 0.222. The van der Waals surface area contributed by atoms with Crippen molar-refractivity contribution in [1.82, 2.24) is 4.98 Å². The summed E-state index contributed by atoms with van der Waals surface area (Å²) in [5.74, 6) is -5.31. The predicted molar refractivity (Wildman–Crippen MR) is 51.8 cm³/mol. The molecule has 1 heterocycles. The van der Waals surface area contributed by atoms with E-state index in [1.54, 1.807) is 0 Å². The number of hydrogen-bond acceptors (Lipinski definition) is 3. The largest absolute Gasteiger partial charge is 0.481 e. The quantitative estimate of drug-likeness (QED) is 0.788. The average Bonchev–Trinajstić information content (AvgIpc) is 2.18. The van der Waals surface area contributed by atoms with Crippen LogP contribution in [0.1, 0.15) is 17.9 Å². The van der Waals surface area contributed by atoms with E-state index < -0.39 is 30.2 Å². The van der Waals surface area contributed by atoms with Crippen LogP contribution in [0.4, 0.5) is 4.39 Å². The Hall–Kier alpha value is -1.69. The highest BCUT2D eigenvalue weighted by Gasteiger charge is 2.26. The summed E-state index contributed by atoms with van der Waals surface area (Å²) in [6.07, 6.45) is 0.286. The minimum absolute atomic E-state index is 0.0491. The van der Waals surface area contributed by atoms with Crippen LogP contribution in [0.15, 0.2) is 12.3 Å². The monoisotopic (exact) mass is 247 g/mol. The van der Waals surface area contributed by atoms with E-state index >= 15 is 0 Å².